The number of rotatable bonds is 2. The maximum atomic E-state index is 8.49. The topological polar surface area (TPSA) is 112 Å². The third kappa shape index (κ3) is 6.93. The van der Waals surface area contributed by atoms with Gasteiger partial charge in [0.1, 0.15) is 5.70 Å². The van der Waals surface area contributed by atoms with Crippen LogP contribution in [0, 0.1) is 10.2 Å². The molecular formula is C18H21ClN2O4. The fourth-order valence-electron chi connectivity index (χ4n) is 2.77. The molecule has 0 amide bonds. The van der Waals surface area contributed by atoms with E-state index in [0.717, 1.165) is 13.1 Å². The van der Waals surface area contributed by atoms with Crippen molar-refractivity contribution in [1.82, 2.24) is 4.90 Å². The van der Waals surface area contributed by atoms with Crippen molar-refractivity contribution < 1.29 is 34.2 Å². The minimum Gasteiger partial charge on any atom is -0.312 e. The number of hydrogen-bond donors (Lipinski definition) is 1. The third-order valence-electron chi connectivity index (χ3n) is 3.91. The Morgan fingerprint density at radius 2 is 1.44 bits per heavy atom. The molecule has 7 heteroatoms. The van der Waals surface area contributed by atoms with Gasteiger partial charge in [0, 0.05) is 12.1 Å². The van der Waals surface area contributed by atoms with Gasteiger partial charge in [-0.15, -0.1) is 10.2 Å². The maximum absolute atomic E-state index is 8.49. The van der Waals surface area contributed by atoms with Crippen LogP contribution < -0.4 is 24.0 Å². The summed E-state index contributed by atoms with van der Waals surface area (Å²) in [6.45, 7) is 2.19. The Morgan fingerprint density at radius 1 is 0.920 bits per heavy atom. The first kappa shape index (κ1) is 19.6. The SMILES string of the molecule is CN1CC[NH2+]C(c2ccccc2)=CC1c1ccccc1.[O-][Cl+3]([O-])([O-])[O-]. The van der Waals surface area contributed by atoms with Gasteiger partial charge in [-0.05, 0) is 30.8 Å². The quantitative estimate of drug-likeness (QED) is 0.634. The Kier molecular flexibility index (Phi) is 7.10. The number of benzene rings is 2. The van der Waals surface area contributed by atoms with Gasteiger partial charge in [0.2, 0.25) is 0 Å². The number of nitrogens with two attached hydrogens (primary N) is 1. The number of halogens is 1. The van der Waals surface area contributed by atoms with Gasteiger partial charge in [0.25, 0.3) is 0 Å². The monoisotopic (exact) mass is 364 g/mol. The van der Waals surface area contributed by atoms with Crippen molar-refractivity contribution >= 4 is 5.70 Å². The summed E-state index contributed by atoms with van der Waals surface area (Å²) in [5.41, 5.74) is 4.02. The molecule has 0 radical (unpaired) electrons. The third-order valence-corrected chi connectivity index (χ3v) is 3.91. The molecular weight excluding hydrogens is 344 g/mol. The molecule has 0 bridgehead atoms. The van der Waals surface area contributed by atoms with Gasteiger partial charge in [-0.1, -0.05) is 48.5 Å². The van der Waals surface area contributed by atoms with Gasteiger partial charge >= 0.3 is 0 Å². The number of hydrogen-bond acceptors (Lipinski definition) is 5. The van der Waals surface area contributed by atoms with Crippen molar-refractivity contribution in [3.8, 4) is 0 Å². The van der Waals surface area contributed by atoms with E-state index in [1.165, 1.54) is 16.8 Å². The molecule has 2 aromatic carbocycles. The summed E-state index contributed by atoms with van der Waals surface area (Å²) in [5.74, 6) is 0. The molecule has 0 saturated carbocycles. The minimum atomic E-state index is -4.94. The largest absolute Gasteiger partial charge is 0.312 e. The van der Waals surface area contributed by atoms with Crippen molar-refractivity contribution in [3.63, 3.8) is 0 Å². The summed E-state index contributed by atoms with van der Waals surface area (Å²) >= 11 is 0. The molecule has 0 aromatic heterocycles. The van der Waals surface area contributed by atoms with Crippen LogP contribution in [-0.2, 0) is 0 Å². The van der Waals surface area contributed by atoms with Gasteiger partial charge in [0.15, 0.2) is 0 Å². The summed E-state index contributed by atoms with van der Waals surface area (Å²) in [6, 6.07) is 21.8. The molecule has 1 unspecified atom stereocenters. The molecule has 1 aliphatic rings. The average molecular weight is 365 g/mol. The summed E-state index contributed by atoms with van der Waals surface area (Å²) in [4.78, 5) is 2.42. The summed E-state index contributed by atoms with van der Waals surface area (Å²) < 4.78 is 34.0. The molecule has 0 fully saturated rings. The summed E-state index contributed by atoms with van der Waals surface area (Å²) in [6.07, 6.45) is 2.39. The molecule has 0 saturated heterocycles. The second-order valence-electron chi connectivity index (χ2n) is 5.69. The normalized spacial score (nSPS) is 18.6. The molecule has 2 N–H and O–H groups in total. The lowest BCUT2D eigenvalue weighted by molar-refractivity contribution is -2.00. The molecule has 1 atom stereocenters. The van der Waals surface area contributed by atoms with E-state index in [1.807, 2.05) is 0 Å². The smallest absolute Gasteiger partial charge is 0.134 e. The van der Waals surface area contributed by atoms with E-state index in [4.69, 9.17) is 18.6 Å². The fourth-order valence-corrected chi connectivity index (χ4v) is 2.77. The average Bonchev–Trinajstić information content (AvgIpc) is 2.77. The Hall–Kier alpha value is -1.77. The Morgan fingerprint density at radius 3 is 2.00 bits per heavy atom. The van der Waals surface area contributed by atoms with Crippen molar-refractivity contribution in [1.29, 1.82) is 0 Å². The molecule has 6 nitrogen and oxygen atoms in total. The molecule has 0 spiro atoms. The number of nitrogens with zero attached hydrogens (tertiary/aromatic N) is 1. The predicted octanol–water partition coefficient (Wildman–Crippen LogP) is -2.48. The maximum Gasteiger partial charge on any atom is 0.134 e. The lowest BCUT2D eigenvalue weighted by Gasteiger charge is -2.22. The van der Waals surface area contributed by atoms with Crippen LogP contribution in [0.3, 0.4) is 0 Å². The van der Waals surface area contributed by atoms with E-state index in [1.54, 1.807) is 0 Å². The molecule has 2 aromatic rings. The van der Waals surface area contributed by atoms with E-state index >= 15 is 0 Å². The van der Waals surface area contributed by atoms with Crippen molar-refractivity contribution in [2.75, 3.05) is 20.1 Å². The van der Waals surface area contributed by atoms with Crippen LogP contribution in [0.25, 0.3) is 5.70 Å². The van der Waals surface area contributed by atoms with Gasteiger partial charge in [-0.2, -0.15) is 0 Å². The van der Waals surface area contributed by atoms with Crippen LogP contribution in [0.2, 0.25) is 0 Å². The van der Waals surface area contributed by atoms with E-state index < -0.39 is 10.2 Å². The summed E-state index contributed by atoms with van der Waals surface area (Å²) in [7, 11) is -2.74. The Balaban J connectivity index is 0.000000399. The lowest BCUT2D eigenvalue weighted by atomic mass is 10.0. The van der Waals surface area contributed by atoms with E-state index in [9.17, 15) is 0 Å². The number of likely N-dealkylation sites (N-methyl/N-ethyl adjacent to an activating group) is 1. The molecule has 25 heavy (non-hydrogen) atoms. The highest BCUT2D eigenvalue weighted by molar-refractivity contribution is 5.58. The molecule has 1 aliphatic heterocycles. The second kappa shape index (κ2) is 9.07. The van der Waals surface area contributed by atoms with Crippen LogP contribution in [-0.4, -0.2) is 25.0 Å². The zero-order valence-electron chi connectivity index (χ0n) is 13.9. The standard InChI is InChI=1S/C18H20N2.ClHO4/c1-20-13-12-19-17(15-8-4-2-5-9-15)14-18(20)16-10-6-3-7-11-16;2-1(3,4)5/h2-11,14,18-19H,12-13H2,1H3;(H,2,3,4,5). The van der Waals surface area contributed by atoms with Crippen LogP contribution in [0.1, 0.15) is 17.2 Å². The zero-order chi connectivity index (χ0) is 18.3. The first-order valence-corrected chi connectivity index (χ1v) is 9.05. The van der Waals surface area contributed by atoms with Gasteiger partial charge in [0.05, 0.1) is 12.6 Å². The van der Waals surface area contributed by atoms with Crippen molar-refractivity contribution in [2.45, 2.75) is 6.04 Å². The minimum absolute atomic E-state index is 0.352. The van der Waals surface area contributed by atoms with Gasteiger partial charge in [-0.25, -0.2) is 18.6 Å². The van der Waals surface area contributed by atoms with Crippen molar-refractivity contribution in [2.24, 2.45) is 0 Å². The Bertz CT molecular complexity index is 668. The highest BCUT2D eigenvalue weighted by atomic mass is 35.7. The first-order valence-electron chi connectivity index (χ1n) is 7.82. The van der Waals surface area contributed by atoms with E-state index in [0.29, 0.717) is 6.04 Å². The molecule has 134 valence electrons. The van der Waals surface area contributed by atoms with Crippen LogP contribution in [0.4, 0.5) is 0 Å². The van der Waals surface area contributed by atoms with Gasteiger partial charge in [-0.3, -0.25) is 4.90 Å². The molecule has 0 aliphatic carbocycles. The van der Waals surface area contributed by atoms with Gasteiger partial charge < -0.3 is 5.32 Å². The van der Waals surface area contributed by atoms with Crippen LogP contribution in [0.5, 0.6) is 0 Å². The van der Waals surface area contributed by atoms with E-state index in [-0.39, 0.29) is 0 Å². The molecule has 1 heterocycles. The zero-order valence-corrected chi connectivity index (χ0v) is 14.6. The highest BCUT2D eigenvalue weighted by Gasteiger charge is 2.21. The summed E-state index contributed by atoms with van der Waals surface area (Å²) in [5, 5.41) is 2.36. The highest BCUT2D eigenvalue weighted by Crippen LogP contribution is 2.24. The second-order valence-corrected chi connectivity index (χ2v) is 6.45. The Labute approximate surface area is 149 Å². The number of quaternary nitrogens is 1. The van der Waals surface area contributed by atoms with E-state index in [2.05, 4.69) is 84.0 Å². The molecule has 3 rings (SSSR count). The predicted molar refractivity (Wildman–Crippen MR) is 83.0 cm³/mol. The fraction of sp³-hybridized carbons (Fsp3) is 0.222. The van der Waals surface area contributed by atoms with Crippen molar-refractivity contribution in [3.05, 3.63) is 77.9 Å². The van der Waals surface area contributed by atoms with Crippen LogP contribution >= 0.6 is 0 Å². The van der Waals surface area contributed by atoms with Crippen LogP contribution in [0.15, 0.2) is 66.7 Å². The lowest BCUT2D eigenvalue weighted by Crippen LogP contribution is -2.81. The first-order chi connectivity index (χ1) is 11.8.